The van der Waals surface area contributed by atoms with Crippen LogP contribution in [0.2, 0.25) is 0 Å². The van der Waals surface area contributed by atoms with Gasteiger partial charge in [0.05, 0.1) is 5.39 Å². The fraction of sp³-hybridized carbons (Fsp3) is 0.158. The minimum atomic E-state index is -0.434. The highest BCUT2D eigenvalue weighted by Crippen LogP contribution is 2.18. The third-order valence-electron chi connectivity index (χ3n) is 3.80. The summed E-state index contributed by atoms with van der Waals surface area (Å²) in [6.07, 6.45) is 0.938. The highest BCUT2D eigenvalue weighted by molar-refractivity contribution is 6.03. The molecule has 0 fully saturated rings. The Kier molecular flexibility index (Phi) is 3.98. The zero-order valence-corrected chi connectivity index (χ0v) is 13.1. The molecular formula is C19H17NO3. The van der Waals surface area contributed by atoms with Crippen molar-refractivity contribution < 1.29 is 9.21 Å². The molecule has 1 N–H and O–H groups in total. The highest BCUT2D eigenvalue weighted by atomic mass is 16.3. The van der Waals surface area contributed by atoms with Crippen LogP contribution in [0.3, 0.4) is 0 Å². The summed E-state index contributed by atoms with van der Waals surface area (Å²) in [6, 6.07) is 14.1. The molecule has 0 atom stereocenters. The van der Waals surface area contributed by atoms with Crippen LogP contribution in [0.25, 0.3) is 11.0 Å². The maximum absolute atomic E-state index is 12.3. The lowest BCUT2D eigenvalue weighted by Crippen LogP contribution is -2.15. The molecule has 23 heavy (non-hydrogen) atoms. The van der Waals surface area contributed by atoms with Gasteiger partial charge in [0.1, 0.15) is 5.58 Å². The molecule has 0 aliphatic carbocycles. The van der Waals surface area contributed by atoms with E-state index in [0.717, 1.165) is 12.0 Å². The Bertz CT molecular complexity index is 923. The van der Waals surface area contributed by atoms with Crippen LogP contribution in [0.15, 0.2) is 57.7 Å². The summed E-state index contributed by atoms with van der Waals surface area (Å²) < 4.78 is 5.64. The molecule has 0 unspecified atom stereocenters. The minimum absolute atomic E-state index is 0.0105. The van der Waals surface area contributed by atoms with Gasteiger partial charge in [-0.2, -0.15) is 0 Å². The number of para-hydroxylation sites is 1. The summed E-state index contributed by atoms with van der Waals surface area (Å²) in [4.78, 5) is 24.5. The summed E-state index contributed by atoms with van der Waals surface area (Å²) in [5, 5.41) is 3.23. The minimum Gasteiger partial charge on any atom is -0.450 e. The molecule has 4 nitrogen and oxygen atoms in total. The monoisotopic (exact) mass is 307 g/mol. The van der Waals surface area contributed by atoms with Crippen molar-refractivity contribution in [2.45, 2.75) is 20.3 Å². The van der Waals surface area contributed by atoms with Gasteiger partial charge in [-0.1, -0.05) is 31.2 Å². The number of hydrogen-bond donors (Lipinski definition) is 1. The highest BCUT2D eigenvalue weighted by Gasteiger charge is 2.13. The molecule has 4 heteroatoms. The van der Waals surface area contributed by atoms with E-state index in [1.807, 2.05) is 37.3 Å². The Morgan fingerprint density at radius 1 is 1.13 bits per heavy atom. The molecule has 3 rings (SSSR count). The number of nitrogens with one attached hydrogen (secondary N) is 1. The number of benzene rings is 2. The molecule has 1 heterocycles. The lowest BCUT2D eigenvalue weighted by molar-refractivity contribution is 0.0997. The van der Waals surface area contributed by atoms with Crippen LogP contribution < -0.4 is 10.7 Å². The number of carbonyl (C=O) groups excluding carboxylic acids is 1. The van der Waals surface area contributed by atoms with Crippen LogP contribution in [0, 0.1) is 6.92 Å². The molecule has 3 aromatic rings. The van der Waals surface area contributed by atoms with Gasteiger partial charge < -0.3 is 9.73 Å². The first-order valence-corrected chi connectivity index (χ1v) is 7.52. The van der Waals surface area contributed by atoms with Gasteiger partial charge in [-0.3, -0.25) is 9.59 Å². The Labute approximate surface area is 133 Å². The summed E-state index contributed by atoms with van der Waals surface area (Å²) in [5.74, 6) is -0.423. The second-order valence-corrected chi connectivity index (χ2v) is 5.43. The second-order valence-electron chi connectivity index (χ2n) is 5.43. The van der Waals surface area contributed by atoms with E-state index in [4.69, 9.17) is 4.42 Å². The normalized spacial score (nSPS) is 10.7. The molecule has 0 bridgehead atoms. The number of amides is 1. The molecule has 0 aliphatic heterocycles. The second kappa shape index (κ2) is 6.08. The maximum atomic E-state index is 12.3. The van der Waals surface area contributed by atoms with E-state index in [2.05, 4.69) is 12.2 Å². The average molecular weight is 307 g/mol. The van der Waals surface area contributed by atoms with E-state index >= 15 is 0 Å². The van der Waals surface area contributed by atoms with Gasteiger partial charge >= 0.3 is 0 Å². The summed E-state index contributed by atoms with van der Waals surface area (Å²) in [7, 11) is 0. The molecule has 116 valence electrons. The lowest BCUT2D eigenvalue weighted by Gasteiger charge is -2.07. The molecule has 1 aromatic heterocycles. The zero-order chi connectivity index (χ0) is 16.4. The molecular weight excluding hydrogens is 290 g/mol. The summed E-state index contributed by atoms with van der Waals surface area (Å²) in [6.45, 7) is 3.91. The van der Waals surface area contributed by atoms with Crippen molar-refractivity contribution in [2.24, 2.45) is 0 Å². The molecule has 0 radical (unpaired) electrons. The maximum Gasteiger partial charge on any atom is 0.291 e. The fourth-order valence-electron chi connectivity index (χ4n) is 2.45. The third kappa shape index (κ3) is 3.01. The standard InChI is InChI=1S/C19H17NO3/c1-3-13-7-9-14(10-8-13)20-19(22)17-11-16(21)15-6-4-5-12(2)18(15)23-17/h4-11H,3H2,1-2H3,(H,20,22). The van der Waals surface area contributed by atoms with Crippen LogP contribution >= 0.6 is 0 Å². The lowest BCUT2D eigenvalue weighted by atomic mass is 10.1. The van der Waals surface area contributed by atoms with E-state index in [1.165, 1.54) is 11.6 Å². The first-order valence-electron chi connectivity index (χ1n) is 7.52. The molecule has 0 aliphatic rings. The SMILES string of the molecule is CCc1ccc(NC(=O)c2cc(=O)c3cccc(C)c3o2)cc1. The van der Waals surface area contributed by atoms with E-state index in [1.54, 1.807) is 12.1 Å². The fourth-order valence-corrected chi connectivity index (χ4v) is 2.45. The van der Waals surface area contributed by atoms with E-state index in [9.17, 15) is 9.59 Å². The molecule has 0 spiro atoms. The van der Waals surface area contributed by atoms with Crippen molar-refractivity contribution in [3.05, 3.63) is 75.6 Å². The molecule has 2 aromatic carbocycles. The van der Waals surface area contributed by atoms with Crippen LogP contribution in [0.4, 0.5) is 5.69 Å². The van der Waals surface area contributed by atoms with Crippen molar-refractivity contribution in [3.63, 3.8) is 0 Å². The van der Waals surface area contributed by atoms with E-state index in [-0.39, 0.29) is 11.2 Å². The largest absolute Gasteiger partial charge is 0.450 e. The number of rotatable bonds is 3. The van der Waals surface area contributed by atoms with Crippen molar-refractivity contribution in [3.8, 4) is 0 Å². The molecule has 1 amide bonds. The van der Waals surface area contributed by atoms with Gasteiger partial charge in [0.2, 0.25) is 0 Å². The average Bonchev–Trinajstić information content (AvgIpc) is 2.56. The number of anilines is 1. The van der Waals surface area contributed by atoms with Crippen LogP contribution in [-0.4, -0.2) is 5.91 Å². The Hall–Kier alpha value is -2.88. The van der Waals surface area contributed by atoms with Crippen LogP contribution in [0.5, 0.6) is 0 Å². The molecule has 0 saturated heterocycles. The van der Waals surface area contributed by atoms with Gasteiger partial charge in [0.25, 0.3) is 5.91 Å². The van der Waals surface area contributed by atoms with Gasteiger partial charge in [0, 0.05) is 11.8 Å². The quantitative estimate of drug-likeness (QED) is 0.798. The number of fused-ring (bicyclic) bond motifs is 1. The zero-order valence-electron chi connectivity index (χ0n) is 13.1. The van der Waals surface area contributed by atoms with Gasteiger partial charge in [-0.15, -0.1) is 0 Å². The smallest absolute Gasteiger partial charge is 0.291 e. The van der Waals surface area contributed by atoms with E-state index in [0.29, 0.717) is 16.7 Å². The van der Waals surface area contributed by atoms with Crippen molar-refractivity contribution >= 4 is 22.6 Å². The van der Waals surface area contributed by atoms with Crippen molar-refractivity contribution in [1.82, 2.24) is 0 Å². The number of carbonyl (C=O) groups is 1. The predicted octanol–water partition coefficient (Wildman–Crippen LogP) is 3.92. The Balaban J connectivity index is 1.94. The summed E-state index contributed by atoms with van der Waals surface area (Å²) in [5.41, 5.74) is 2.91. The third-order valence-corrected chi connectivity index (χ3v) is 3.80. The van der Waals surface area contributed by atoms with Gasteiger partial charge in [-0.25, -0.2) is 0 Å². The van der Waals surface area contributed by atoms with Crippen molar-refractivity contribution in [2.75, 3.05) is 5.32 Å². The van der Waals surface area contributed by atoms with Crippen LogP contribution in [0.1, 0.15) is 28.6 Å². The topological polar surface area (TPSA) is 59.3 Å². The van der Waals surface area contributed by atoms with Gasteiger partial charge in [0.15, 0.2) is 11.2 Å². The Morgan fingerprint density at radius 2 is 1.87 bits per heavy atom. The predicted molar refractivity (Wildman–Crippen MR) is 91.0 cm³/mol. The van der Waals surface area contributed by atoms with E-state index < -0.39 is 5.91 Å². The first-order chi connectivity index (χ1) is 11.1. The van der Waals surface area contributed by atoms with Crippen molar-refractivity contribution in [1.29, 1.82) is 0 Å². The van der Waals surface area contributed by atoms with Crippen LogP contribution in [-0.2, 0) is 6.42 Å². The number of hydrogen-bond acceptors (Lipinski definition) is 3. The van der Waals surface area contributed by atoms with Gasteiger partial charge in [-0.05, 0) is 42.7 Å². The summed E-state index contributed by atoms with van der Waals surface area (Å²) >= 11 is 0. The molecule has 0 saturated carbocycles. The number of aryl methyl sites for hydroxylation is 2. The first kappa shape index (κ1) is 15.0. The Morgan fingerprint density at radius 3 is 2.57 bits per heavy atom.